The quantitative estimate of drug-likeness (QED) is 0.0483. The maximum Gasteiger partial charge on any atom is 0.194 e. The van der Waals surface area contributed by atoms with Crippen molar-refractivity contribution in [1.82, 2.24) is 0 Å². The molecule has 9 atom stereocenters. The van der Waals surface area contributed by atoms with E-state index in [1.165, 1.54) is 0 Å². The minimum absolute atomic E-state index is 0.0347. The highest BCUT2D eigenvalue weighted by molar-refractivity contribution is 7.97. The Kier molecular flexibility index (Phi) is 11.1. The zero-order valence-corrected chi connectivity index (χ0v) is 15.1. The first-order chi connectivity index (χ1) is 12.3. The van der Waals surface area contributed by atoms with Crippen LogP contribution in [0, 0.1) is 0 Å². The molecular weight excluding hydrogens is 400 g/mol. The smallest absolute Gasteiger partial charge is 0.194 e. The van der Waals surface area contributed by atoms with Gasteiger partial charge in [0.05, 0.1) is 13.2 Å². The maximum atomic E-state index is 10.4. The average molecular weight is 424 g/mol. The standard InChI is InChI=1S/C12H24O12S2/c13-1-5(15)10(19)11(20)12(22-25-24-23-21)7(17)4-26-3-6(16)9(18)8(26)2-14/h5-20H,1-4H2/t5?,6-,7-,8-,9+,10-,11+,12?,26?/m1/s1. The summed E-state index contributed by atoms with van der Waals surface area (Å²) < 4.78 is 8.77. The lowest BCUT2D eigenvalue weighted by Crippen LogP contribution is -2.52. The highest BCUT2D eigenvalue weighted by Crippen LogP contribution is 2.27. The second-order valence-electron chi connectivity index (χ2n) is 5.71. The molecule has 0 aliphatic carbocycles. The van der Waals surface area contributed by atoms with E-state index in [1.54, 1.807) is 0 Å². The van der Waals surface area contributed by atoms with E-state index in [0.29, 0.717) is 0 Å². The Morgan fingerprint density at radius 3 is 2.27 bits per heavy atom. The second kappa shape index (κ2) is 11.9. The summed E-state index contributed by atoms with van der Waals surface area (Å²) in [6.07, 6.45) is -10.9. The molecule has 1 heterocycles. The van der Waals surface area contributed by atoms with Crippen molar-refractivity contribution in [3.63, 3.8) is 0 Å². The summed E-state index contributed by atoms with van der Waals surface area (Å²) in [4.78, 5) is 0. The van der Waals surface area contributed by atoms with E-state index in [1.807, 2.05) is 0 Å². The summed E-state index contributed by atoms with van der Waals surface area (Å²) in [5, 5.41) is 89.6. The minimum Gasteiger partial charge on any atom is -0.691 e. The molecule has 0 amide bonds. The molecule has 8 N–H and O–H groups in total. The summed E-state index contributed by atoms with van der Waals surface area (Å²) in [5.74, 6) is -0.0385. The summed E-state index contributed by atoms with van der Waals surface area (Å²) in [6.45, 7) is -1.31. The number of aliphatic hydroxyl groups is 8. The zero-order chi connectivity index (χ0) is 19.9. The van der Waals surface area contributed by atoms with E-state index in [0.717, 1.165) is 0 Å². The van der Waals surface area contributed by atoms with Crippen LogP contribution in [0.2, 0.25) is 0 Å². The van der Waals surface area contributed by atoms with E-state index in [9.17, 15) is 41.0 Å². The van der Waals surface area contributed by atoms with Crippen LogP contribution in [0.3, 0.4) is 0 Å². The van der Waals surface area contributed by atoms with Crippen molar-refractivity contribution in [2.24, 2.45) is 0 Å². The van der Waals surface area contributed by atoms with Crippen molar-refractivity contribution in [3.05, 3.63) is 0 Å². The molecule has 0 radical (unpaired) electrons. The molecule has 0 bridgehead atoms. The zero-order valence-electron chi connectivity index (χ0n) is 13.5. The lowest BCUT2D eigenvalue weighted by Gasteiger charge is -2.30. The van der Waals surface area contributed by atoms with Crippen molar-refractivity contribution >= 4 is 23.2 Å². The number of hydrogen-bond donors (Lipinski definition) is 8. The van der Waals surface area contributed by atoms with Gasteiger partial charge in [-0.3, -0.25) is 9.22 Å². The van der Waals surface area contributed by atoms with Crippen LogP contribution in [-0.4, -0.2) is 114 Å². The average Bonchev–Trinajstić information content (AvgIpc) is 2.89. The highest BCUT2D eigenvalue weighted by Gasteiger charge is 2.51. The number of aliphatic hydroxyl groups excluding tert-OH is 8. The molecule has 0 saturated carbocycles. The van der Waals surface area contributed by atoms with Gasteiger partial charge in [0.1, 0.15) is 54.2 Å². The van der Waals surface area contributed by atoms with Crippen LogP contribution in [0.25, 0.3) is 0 Å². The molecule has 3 unspecified atom stereocenters. The molecule has 14 heteroatoms. The van der Waals surface area contributed by atoms with Gasteiger partial charge in [0.2, 0.25) is 0 Å². The van der Waals surface area contributed by atoms with Crippen molar-refractivity contribution in [1.29, 1.82) is 0 Å². The van der Waals surface area contributed by atoms with Crippen LogP contribution < -0.4 is 5.26 Å². The number of rotatable bonds is 12. The molecule has 0 aromatic carbocycles. The lowest BCUT2D eigenvalue weighted by molar-refractivity contribution is -0.777. The Labute approximate surface area is 156 Å². The molecule has 1 aliphatic heterocycles. The lowest BCUT2D eigenvalue weighted by atomic mass is 10.0. The minimum atomic E-state index is -1.90. The molecule has 0 aromatic rings. The van der Waals surface area contributed by atoms with Crippen LogP contribution in [0.4, 0.5) is 0 Å². The molecule has 0 aromatic heterocycles. The third-order valence-corrected chi connectivity index (χ3v) is 7.24. The van der Waals surface area contributed by atoms with Crippen molar-refractivity contribution < 1.29 is 59.7 Å². The monoisotopic (exact) mass is 424 g/mol. The van der Waals surface area contributed by atoms with E-state index in [2.05, 4.69) is 9.37 Å². The predicted molar refractivity (Wildman–Crippen MR) is 85.7 cm³/mol. The first-order valence-corrected chi connectivity index (χ1v) is 9.82. The predicted octanol–water partition coefficient (Wildman–Crippen LogP) is -5.69. The molecular formula is C12H24O12S2. The summed E-state index contributed by atoms with van der Waals surface area (Å²) in [5.41, 5.74) is 0. The van der Waals surface area contributed by atoms with Gasteiger partial charge in [-0.05, 0) is 0 Å². The first kappa shape index (κ1) is 24.3. The first-order valence-electron chi connectivity index (χ1n) is 7.53. The summed E-state index contributed by atoms with van der Waals surface area (Å²) in [6, 6.07) is 0. The molecule has 156 valence electrons. The van der Waals surface area contributed by atoms with Gasteiger partial charge in [0.25, 0.3) is 0 Å². The molecule has 0 spiro atoms. The molecule has 1 fully saturated rings. The fourth-order valence-corrected chi connectivity index (χ4v) is 5.63. The van der Waals surface area contributed by atoms with Gasteiger partial charge in [0, 0.05) is 10.9 Å². The van der Waals surface area contributed by atoms with Gasteiger partial charge in [0.15, 0.2) is 17.6 Å². The van der Waals surface area contributed by atoms with Crippen molar-refractivity contribution in [3.8, 4) is 0 Å². The fourth-order valence-electron chi connectivity index (χ4n) is 2.56. The molecule has 1 aliphatic rings. The van der Waals surface area contributed by atoms with Gasteiger partial charge in [-0.25, -0.2) is 0 Å². The molecule has 1 rings (SSSR count). The Morgan fingerprint density at radius 2 is 1.73 bits per heavy atom. The van der Waals surface area contributed by atoms with E-state index < -0.39 is 72.1 Å². The van der Waals surface area contributed by atoms with Gasteiger partial charge < -0.3 is 46.1 Å². The Balaban J connectivity index is 2.81. The van der Waals surface area contributed by atoms with Crippen molar-refractivity contribution in [2.75, 3.05) is 24.7 Å². The maximum absolute atomic E-state index is 10.4. The molecule has 26 heavy (non-hydrogen) atoms. The molecule has 1 saturated heterocycles. The topological polar surface area (TPSA) is 213 Å². The SMILES string of the molecule is [O-]OOSOC([C@H](O)C[S+]1C[C@@H](O)[C@H](O)[C@H]1CO)[C@@H](O)[C@H](O)C(O)CO. The van der Waals surface area contributed by atoms with E-state index >= 15 is 0 Å². The third-order valence-electron chi connectivity index (χ3n) is 4.01. The Bertz CT molecular complexity index is 393. The summed E-state index contributed by atoms with van der Waals surface area (Å²) >= 11 is -0.0347. The largest absolute Gasteiger partial charge is 0.691 e. The van der Waals surface area contributed by atoms with E-state index in [-0.39, 0.29) is 23.8 Å². The van der Waals surface area contributed by atoms with Gasteiger partial charge in [-0.2, -0.15) is 0 Å². The third kappa shape index (κ3) is 6.39. The van der Waals surface area contributed by atoms with Gasteiger partial charge >= 0.3 is 0 Å². The fraction of sp³-hybridized carbons (Fsp3) is 1.00. The van der Waals surface area contributed by atoms with Gasteiger partial charge in [-0.15, -0.1) is 4.33 Å². The summed E-state index contributed by atoms with van der Waals surface area (Å²) in [7, 11) is -0.853. The molecule has 12 nitrogen and oxygen atoms in total. The normalized spacial score (nSPS) is 32.2. The highest BCUT2D eigenvalue weighted by atomic mass is 32.2. The van der Waals surface area contributed by atoms with Gasteiger partial charge in [-0.1, -0.05) is 0 Å². The van der Waals surface area contributed by atoms with Crippen LogP contribution in [0.1, 0.15) is 0 Å². The van der Waals surface area contributed by atoms with Crippen molar-refractivity contribution in [2.45, 2.75) is 48.0 Å². The Morgan fingerprint density at radius 1 is 1.08 bits per heavy atom. The van der Waals surface area contributed by atoms with E-state index in [4.69, 9.17) is 9.29 Å². The van der Waals surface area contributed by atoms with Crippen LogP contribution >= 0.6 is 12.3 Å². The Hall–Kier alpha value is 0.220. The number of hydrogen-bond acceptors (Lipinski definition) is 13. The van der Waals surface area contributed by atoms with Crippen LogP contribution in [0.15, 0.2) is 0 Å². The van der Waals surface area contributed by atoms with Crippen LogP contribution in [0.5, 0.6) is 0 Å². The second-order valence-corrected chi connectivity index (χ2v) is 8.52. The van der Waals surface area contributed by atoms with Crippen LogP contribution in [-0.2, 0) is 24.5 Å².